The molecule has 1 aliphatic heterocycles. The van der Waals surface area contributed by atoms with Gasteiger partial charge < -0.3 is 10.6 Å². The zero-order valence-electron chi connectivity index (χ0n) is 10.6. The fourth-order valence-corrected chi connectivity index (χ4v) is 2.82. The van der Waals surface area contributed by atoms with Crippen LogP contribution in [0.5, 0.6) is 0 Å². The van der Waals surface area contributed by atoms with Crippen molar-refractivity contribution in [2.45, 2.75) is 6.04 Å². The molecule has 0 aromatic heterocycles. The Kier molecular flexibility index (Phi) is 3.44. The first-order valence-corrected chi connectivity index (χ1v) is 7.05. The van der Waals surface area contributed by atoms with Crippen LogP contribution in [-0.4, -0.2) is 12.5 Å². The van der Waals surface area contributed by atoms with Crippen LogP contribution in [0.1, 0.15) is 11.6 Å². The number of anilines is 1. The first kappa shape index (κ1) is 13.1. The summed E-state index contributed by atoms with van der Waals surface area (Å²) in [4.78, 5) is 6.01. The lowest BCUT2D eigenvalue weighted by molar-refractivity contribution is 0.619. The van der Waals surface area contributed by atoms with Gasteiger partial charge in [-0.15, -0.1) is 0 Å². The topological polar surface area (TPSA) is 41.6 Å². The third-order valence-electron chi connectivity index (χ3n) is 3.33. The lowest BCUT2D eigenvalue weighted by Gasteiger charge is -2.27. The first-order chi connectivity index (χ1) is 9.66. The number of hydrogen-bond donors (Lipinski definition) is 1. The smallest absolute Gasteiger partial charge is 0.196 e. The molecule has 0 saturated heterocycles. The summed E-state index contributed by atoms with van der Waals surface area (Å²) >= 11 is 3.45. The van der Waals surface area contributed by atoms with Crippen LogP contribution in [0.4, 0.5) is 10.1 Å². The molecule has 5 heteroatoms. The summed E-state index contributed by atoms with van der Waals surface area (Å²) in [6.45, 7) is 0.524. The van der Waals surface area contributed by atoms with E-state index in [2.05, 4.69) is 20.9 Å². The van der Waals surface area contributed by atoms with Gasteiger partial charge in [-0.3, -0.25) is 4.99 Å². The summed E-state index contributed by atoms with van der Waals surface area (Å²) in [6.07, 6.45) is 0. The van der Waals surface area contributed by atoms with E-state index in [0.29, 0.717) is 18.2 Å². The summed E-state index contributed by atoms with van der Waals surface area (Å²) in [5, 5.41) is 0. The fraction of sp³-hybridized carbons (Fsp3) is 0.133. The molecule has 1 heterocycles. The SMILES string of the molecule is NC1=NCC(c2cccc(Br)c2)N1c1ccccc1F. The van der Waals surface area contributed by atoms with E-state index < -0.39 is 0 Å². The van der Waals surface area contributed by atoms with Crippen LogP contribution in [0, 0.1) is 5.82 Å². The van der Waals surface area contributed by atoms with Crippen molar-refractivity contribution in [1.29, 1.82) is 0 Å². The average molecular weight is 334 g/mol. The highest BCUT2D eigenvalue weighted by atomic mass is 79.9. The molecule has 2 N–H and O–H groups in total. The molecule has 1 aliphatic rings. The van der Waals surface area contributed by atoms with Crippen molar-refractivity contribution in [3.05, 3.63) is 64.4 Å². The van der Waals surface area contributed by atoms with Crippen molar-refractivity contribution in [1.82, 2.24) is 0 Å². The Labute approximate surface area is 125 Å². The third-order valence-corrected chi connectivity index (χ3v) is 3.82. The number of hydrogen-bond acceptors (Lipinski definition) is 3. The van der Waals surface area contributed by atoms with E-state index in [1.54, 1.807) is 23.1 Å². The number of nitrogens with two attached hydrogens (primary N) is 1. The van der Waals surface area contributed by atoms with E-state index in [1.165, 1.54) is 6.07 Å². The number of benzene rings is 2. The summed E-state index contributed by atoms with van der Waals surface area (Å²) in [5.74, 6) is 0.0487. The van der Waals surface area contributed by atoms with Gasteiger partial charge in [0.1, 0.15) is 5.82 Å². The predicted octanol–water partition coefficient (Wildman–Crippen LogP) is 3.46. The minimum atomic E-state index is -0.299. The van der Waals surface area contributed by atoms with E-state index >= 15 is 0 Å². The van der Waals surface area contributed by atoms with Gasteiger partial charge in [0.25, 0.3) is 0 Å². The maximum absolute atomic E-state index is 14.0. The monoisotopic (exact) mass is 333 g/mol. The van der Waals surface area contributed by atoms with Gasteiger partial charge in [0.15, 0.2) is 5.96 Å². The predicted molar refractivity (Wildman–Crippen MR) is 82.3 cm³/mol. The molecule has 0 spiro atoms. The van der Waals surface area contributed by atoms with E-state index in [0.717, 1.165) is 10.0 Å². The molecule has 2 aromatic carbocycles. The molecule has 0 fully saturated rings. The lowest BCUT2D eigenvalue weighted by atomic mass is 10.1. The Hall–Kier alpha value is -1.88. The van der Waals surface area contributed by atoms with Crippen LogP contribution in [-0.2, 0) is 0 Å². The van der Waals surface area contributed by atoms with Gasteiger partial charge in [-0.1, -0.05) is 40.2 Å². The van der Waals surface area contributed by atoms with Crippen LogP contribution in [0.2, 0.25) is 0 Å². The van der Waals surface area contributed by atoms with E-state index in [1.807, 2.05) is 24.3 Å². The van der Waals surface area contributed by atoms with E-state index in [4.69, 9.17) is 5.73 Å². The van der Waals surface area contributed by atoms with Crippen LogP contribution < -0.4 is 10.6 Å². The highest BCUT2D eigenvalue weighted by Crippen LogP contribution is 2.33. The molecular formula is C15H13BrFN3. The molecule has 0 amide bonds. The van der Waals surface area contributed by atoms with Crippen molar-refractivity contribution >= 4 is 27.6 Å². The Morgan fingerprint density at radius 2 is 2.00 bits per heavy atom. The second kappa shape index (κ2) is 5.25. The maximum Gasteiger partial charge on any atom is 0.196 e. The molecule has 20 heavy (non-hydrogen) atoms. The molecule has 3 rings (SSSR count). The van der Waals surface area contributed by atoms with Gasteiger partial charge in [0.2, 0.25) is 0 Å². The van der Waals surface area contributed by atoms with Crippen molar-refractivity contribution in [2.24, 2.45) is 10.7 Å². The van der Waals surface area contributed by atoms with Gasteiger partial charge in [-0.05, 0) is 29.8 Å². The van der Waals surface area contributed by atoms with Crippen LogP contribution in [0.3, 0.4) is 0 Å². The van der Waals surface area contributed by atoms with Crippen molar-refractivity contribution in [3.63, 3.8) is 0 Å². The number of guanidine groups is 1. The molecule has 0 radical (unpaired) electrons. The Morgan fingerprint density at radius 1 is 1.20 bits per heavy atom. The molecule has 102 valence electrons. The third kappa shape index (κ3) is 2.29. The molecule has 0 saturated carbocycles. The molecular weight excluding hydrogens is 321 g/mol. The standard InChI is InChI=1S/C15H13BrFN3/c16-11-5-3-4-10(8-11)14-9-19-15(18)20(14)13-7-2-1-6-12(13)17/h1-8,14H,9H2,(H2,18,19). The number of halogens is 2. The van der Waals surface area contributed by atoms with Crippen molar-refractivity contribution < 1.29 is 4.39 Å². The number of para-hydroxylation sites is 1. The van der Waals surface area contributed by atoms with Gasteiger partial charge in [-0.2, -0.15) is 0 Å². The number of nitrogens with zero attached hydrogens (tertiary/aromatic N) is 2. The highest BCUT2D eigenvalue weighted by Gasteiger charge is 2.30. The maximum atomic E-state index is 14.0. The molecule has 0 aliphatic carbocycles. The summed E-state index contributed by atoms with van der Waals surface area (Å²) in [7, 11) is 0. The summed E-state index contributed by atoms with van der Waals surface area (Å²) < 4.78 is 15.0. The fourth-order valence-electron chi connectivity index (χ4n) is 2.40. The molecule has 0 bridgehead atoms. The molecule has 3 nitrogen and oxygen atoms in total. The second-order valence-electron chi connectivity index (χ2n) is 4.59. The molecule has 2 aromatic rings. The lowest BCUT2D eigenvalue weighted by Crippen LogP contribution is -2.36. The molecule has 1 atom stereocenters. The first-order valence-electron chi connectivity index (χ1n) is 6.26. The summed E-state index contributed by atoms with van der Waals surface area (Å²) in [5.41, 5.74) is 7.45. The highest BCUT2D eigenvalue weighted by molar-refractivity contribution is 9.10. The van der Waals surface area contributed by atoms with Crippen molar-refractivity contribution in [3.8, 4) is 0 Å². The van der Waals surface area contributed by atoms with Gasteiger partial charge >= 0.3 is 0 Å². The number of rotatable bonds is 2. The van der Waals surface area contributed by atoms with Gasteiger partial charge in [0.05, 0.1) is 18.3 Å². The zero-order valence-corrected chi connectivity index (χ0v) is 12.2. The Bertz CT molecular complexity index is 672. The van der Waals surface area contributed by atoms with Crippen LogP contribution in [0.25, 0.3) is 0 Å². The zero-order chi connectivity index (χ0) is 14.1. The average Bonchev–Trinajstić information content (AvgIpc) is 2.81. The summed E-state index contributed by atoms with van der Waals surface area (Å²) in [6, 6.07) is 14.4. The second-order valence-corrected chi connectivity index (χ2v) is 5.51. The van der Waals surface area contributed by atoms with Crippen LogP contribution in [0.15, 0.2) is 58.0 Å². The minimum Gasteiger partial charge on any atom is -0.369 e. The van der Waals surface area contributed by atoms with Crippen LogP contribution >= 0.6 is 15.9 Å². The normalized spacial score (nSPS) is 18.2. The largest absolute Gasteiger partial charge is 0.369 e. The van der Waals surface area contributed by atoms with Crippen molar-refractivity contribution in [2.75, 3.05) is 11.4 Å². The Morgan fingerprint density at radius 3 is 2.75 bits per heavy atom. The van der Waals surface area contributed by atoms with Gasteiger partial charge in [0, 0.05) is 4.47 Å². The number of aliphatic imine (C=N–C) groups is 1. The Balaban J connectivity index is 2.03. The molecule has 1 unspecified atom stereocenters. The van der Waals surface area contributed by atoms with Gasteiger partial charge in [-0.25, -0.2) is 4.39 Å². The minimum absolute atomic E-state index is 0.0793. The van der Waals surface area contributed by atoms with E-state index in [-0.39, 0.29) is 11.9 Å². The quantitative estimate of drug-likeness (QED) is 0.914. The van der Waals surface area contributed by atoms with E-state index in [9.17, 15) is 4.39 Å².